The molecule has 0 bridgehead atoms. The number of nitrogens with one attached hydrogen (secondary N) is 2. The molecule has 2 amide bonds. The van der Waals surface area contributed by atoms with Crippen molar-refractivity contribution in [2.24, 2.45) is 5.92 Å². The largest absolute Gasteiger partial charge is 0.497 e. The van der Waals surface area contributed by atoms with Gasteiger partial charge in [-0.25, -0.2) is 0 Å². The van der Waals surface area contributed by atoms with E-state index in [1.807, 2.05) is 56.3 Å². The number of amides is 2. The molecule has 6 nitrogen and oxygen atoms in total. The van der Waals surface area contributed by atoms with Crippen LogP contribution in [0.4, 0.5) is 0 Å². The van der Waals surface area contributed by atoms with Crippen molar-refractivity contribution in [1.29, 1.82) is 0 Å². The molecule has 3 rings (SSSR count). The molecule has 0 aromatic heterocycles. The fraction of sp³-hybridized carbons (Fsp3) is 0.462. The van der Waals surface area contributed by atoms with Crippen LogP contribution in [0.1, 0.15) is 43.9 Å². The van der Waals surface area contributed by atoms with Crippen molar-refractivity contribution in [3.8, 4) is 5.75 Å². The van der Waals surface area contributed by atoms with E-state index in [2.05, 4.69) is 27.7 Å². The minimum absolute atomic E-state index is 0.0130. The van der Waals surface area contributed by atoms with E-state index in [1.54, 1.807) is 7.11 Å². The molecule has 2 atom stereocenters. The van der Waals surface area contributed by atoms with Crippen LogP contribution in [-0.4, -0.2) is 49.5 Å². The lowest BCUT2D eigenvalue weighted by Crippen LogP contribution is -2.51. The highest BCUT2D eigenvalue weighted by molar-refractivity contribution is 5.88. The maximum atomic E-state index is 13.1. The van der Waals surface area contributed by atoms with Crippen LogP contribution in [0.2, 0.25) is 0 Å². The highest BCUT2D eigenvalue weighted by atomic mass is 16.5. The Labute approximate surface area is 191 Å². The van der Waals surface area contributed by atoms with E-state index < -0.39 is 6.04 Å². The topological polar surface area (TPSA) is 70.7 Å². The van der Waals surface area contributed by atoms with Crippen LogP contribution in [0.3, 0.4) is 0 Å². The first-order valence-corrected chi connectivity index (χ1v) is 11.5. The minimum Gasteiger partial charge on any atom is -0.497 e. The summed E-state index contributed by atoms with van der Waals surface area (Å²) in [5.41, 5.74) is 2.09. The van der Waals surface area contributed by atoms with Crippen LogP contribution in [0.5, 0.6) is 5.75 Å². The van der Waals surface area contributed by atoms with Gasteiger partial charge in [0.25, 0.3) is 0 Å². The van der Waals surface area contributed by atoms with Crippen molar-refractivity contribution in [2.75, 3.05) is 26.7 Å². The van der Waals surface area contributed by atoms with Gasteiger partial charge in [-0.2, -0.15) is 0 Å². The number of likely N-dealkylation sites (tertiary alicyclic amines) is 1. The van der Waals surface area contributed by atoms with Crippen LogP contribution < -0.4 is 15.4 Å². The lowest BCUT2D eigenvalue weighted by molar-refractivity contribution is -0.129. The molecule has 0 radical (unpaired) electrons. The van der Waals surface area contributed by atoms with Gasteiger partial charge in [0.05, 0.1) is 19.6 Å². The van der Waals surface area contributed by atoms with Crippen LogP contribution in [0, 0.1) is 5.92 Å². The monoisotopic (exact) mass is 437 g/mol. The lowest BCUT2D eigenvalue weighted by Gasteiger charge is -2.30. The molecular formula is C26H35N3O3. The summed E-state index contributed by atoms with van der Waals surface area (Å²) in [5, 5.41) is 6.04. The summed E-state index contributed by atoms with van der Waals surface area (Å²) in [7, 11) is 1.66. The number of benzene rings is 2. The molecule has 32 heavy (non-hydrogen) atoms. The Morgan fingerprint density at radius 2 is 1.66 bits per heavy atom. The molecule has 6 heteroatoms. The van der Waals surface area contributed by atoms with Crippen molar-refractivity contribution in [3.63, 3.8) is 0 Å². The van der Waals surface area contributed by atoms with Gasteiger partial charge in [-0.15, -0.1) is 0 Å². The quantitative estimate of drug-likeness (QED) is 0.598. The van der Waals surface area contributed by atoms with Crippen LogP contribution >= 0.6 is 0 Å². The summed E-state index contributed by atoms with van der Waals surface area (Å²) < 4.78 is 5.29. The number of rotatable bonds is 10. The summed E-state index contributed by atoms with van der Waals surface area (Å²) >= 11 is 0. The average molecular weight is 438 g/mol. The highest BCUT2D eigenvalue weighted by Crippen LogP contribution is 2.26. The van der Waals surface area contributed by atoms with Gasteiger partial charge in [-0.05, 0) is 55.1 Å². The molecule has 2 aromatic rings. The highest BCUT2D eigenvalue weighted by Gasteiger charge is 2.28. The van der Waals surface area contributed by atoms with E-state index in [0.717, 1.165) is 30.0 Å². The van der Waals surface area contributed by atoms with Crippen molar-refractivity contribution in [2.45, 2.75) is 45.2 Å². The van der Waals surface area contributed by atoms with Crippen molar-refractivity contribution in [3.05, 3.63) is 65.7 Å². The molecular weight excluding hydrogens is 402 g/mol. The maximum Gasteiger partial charge on any atom is 0.242 e. The fourth-order valence-electron chi connectivity index (χ4n) is 4.19. The Hall–Kier alpha value is -2.86. The lowest BCUT2D eigenvalue weighted by atomic mass is 10.0. The Balaban J connectivity index is 1.63. The number of hydrogen-bond acceptors (Lipinski definition) is 4. The molecule has 1 aliphatic heterocycles. The zero-order chi connectivity index (χ0) is 22.9. The summed E-state index contributed by atoms with van der Waals surface area (Å²) in [6, 6.07) is 17.2. The van der Waals surface area contributed by atoms with E-state index in [4.69, 9.17) is 4.74 Å². The molecule has 2 aromatic carbocycles. The van der Waals surface area contributed by atoms with E-state index in [1.165, 1.54) is 12.8 Å². The third-order valence-corrected chi connectivity index (χ3v) is 6.02. The molecule has 0 saturated carbocycles. The first kappa shape index (κ1) is 23.8. The predicted molar refractivity (Wildman–Crippen MR) is 126 cm³/mol. The zero-order valence-electron chi connectivity index (χ0n) is 19.3. The molecule has 2 unspecified atom stereocenters. The second-order valence-electron chi connectivity index (χ2n) is 8.73. The predicted octanol–water partition coefficient (Wildman–Crippen LogP) is 3.33. The first-order valence-electron chi connectivity index (χ1n) is 11.5. The summed E-state index contributed by atoms with van der Waals surface area (Å²) in [6.07, 6.45) is 2.61. The molecule has 2 N–H and O–H groups in total. The number of carbonyl (C=O) groups excluding carboxylic acids is 2. The number of ether oxygens (including phenoxy) is 1. The summed E-state index contributed by atoms with van der Waals surface area (Å²) in [4.78, 5) is 28.0. The van der Waals surface area contributed by atoms with Gasteiger partial charge >= 0.3 is 0 Å². The summed E-state index contributed by atoms with van der Waals surface area (Å²) in [6.45, 7) is 6.45. The van der Waals surface area contributed by atoms with Gasteiger partial charge in [-0.1, -0.05) is 56.3 Å². The molecule has 172 valence electrons. The average Bonchev–Trinajstić information content (AvgIpc) is 3.33. The SMILES string of the molecule is COc1ccc(C(CNC(=O)C(NC(=O)Cc2ccccc2)C(C)C)N2CCCC2)cc1. The van der Waals surface area contributed by atoms with Crippen molar-refractivity contribution in [1.82, 2.24) is 15.5 Å². The maximum absolute atomic E-state index is 13.1. The number of hydrogen-bond donors (Lipinski definition) is 2. The van der Waals surface area contributed by atoms with Crippen molar-refractivity contribution < 1.29 is 14.3 Å². The second kappa shape index (κ2) is 11.7. The van der Waals surface area contributed by atoms with Crippen LogP contribution in [0.15, 0.2) is 54.6 Å². The third kappa shape index (κ3) is 6.57. The fourth-order valence-corrected chi connectivity index (χ4v) is 4.19. The van der Waals surface area contributed by atoms with E-state index in [-0.39, 0.29) is 30.2 Å². The standard InChI is InChI=1S/C26H35N3O3/c1-19(2)25(28-24(30)17-20-9-5-4-6-10-20)26(31)27-18-23(29-15-7-8-16-29)21-11-13-22(32-3)14-12-21/h4-6,9-14,19,23,25H,7-8,15-18H2,1-3H3,(H,27,31)(H,28,30). The number of carbonyl (C=O) groups is 2. The smallest absolute Gasteiger partial charge is 0.242 e. The molecule has 1 saturated heterocycles. The van der Waals surface area contributed by atoms with Gasteiger partial charge in [0.2, 0.25) is 11.8 Å². The van der Waals surface area contributed by atoms with Gasteiger partial charge in [0, 0.05) is 6.54 Å². The van der Waals surface area contributed by atoms with Crippen molar-refractivity contribution >= 4 is 11.8 Å². The van der Waals surface area contributed by atoms with E-state index in [9.17, 15) is 9.59 Å². The van der Waals surface area contributed by atoms with Crippen LogP contribution in [-0.2, 0) is 16.0 Å². The third-order valence-electron chi connectivity index (χ3n) is 6.02. The second-order valence-corrected chi connectivity index (χ2v) is 8.73. The Morgan fingerprint density at radius 1 is 1.00 bits per heavy atom. The number of nitrogens with zero attached hydrogens (tertiary/aromatic N) is 1. The van der Waals surface area contributed by atoms with Gasteiger partial charge in [0.1, 0.15) is 11.8 Å². The van der Waals surface area contributed by atoms with Crippen LogP contribution in [0.25, 0.3) is 0 Å². The first-order chi connectivity index (χ1) is 15.5. The normalized spacial score (nSPS) is 15.9. The Kier molecular flexibility index (Phi) is 8.68. The Morgan fingerprint density at radius 3 is 2.25 bits per heavy atom. The van der Waals surface area contributed by atoms with E-state index >= 15 is 0 Å². The molecule has 1 aliphatic rings. The minimum atomic E-state index is -0.568. The number of methoxy groups -OCH3 is 1. The van der Waals surface area contributed by atoms with Gasteiger partial charge < -0.3 is 15.4 Å². The molecule has 0 aliphatic carbocycles. The summed E-state index contributed by atoms with van der Waals surface area (Å²) in [5.74, 6) is 0.523. The van der Waals surface area contributed by atoms with Gasteiger partial charge in [0.15, 0.2) is 0 Å². The molecule has 0 spiro atoms. The molecule has 1 heterocycles. The zero-order valence-corrected chi connectivity index (χ0v) is 19.3. The Bertz CT molecular complexity index is 862. The van der Waals surface area contributed by atoms with E-state index in [0.29, 0.717) is 6.54 Å². The van der Waals surface area contributed by atoms with Gasteiger partial charge in [-0.3, -0.25) is 14.5 Å². The molecule has 1 fully saturated rings.